The van der Waals surface area contributed by atoms with Crippen molar-refractivity contribution < 1.29 is 0 Å². The van der Waals surface area contributed by atoms with Crippen molar-refractivity contribution in [3.05, 3.63) is 152 Å². The first kappa shape index (κ1) is 22.7. The van der Waals surface area contributed by atoms with Crippen molar-refractivity contribution >= 4 is 10.8 Å². The summed E-state index contributed by atoms with van der Waals surface area (Å²) in [6.45, 7) is 0. The predicted octanol–water partition coefficient (Wildman–Crippen LogP) is 10.6. The Balaban J connectivity index is 1.57. The maximum Gasteiger partial charge on any atom is 0.0346 e. The van der Waals surface area contributed by atoms with Crippen LogP contribution in [0.15, 0.2) is 152 Å². The number of rotatable bonds is 4. The lowest BCUT2D eigenvalue weighted by molar-refractivity contribution is 1.33. The molecule has 40 heavy (non-hydrogen) atoms. The Labute approximate surface area is 234 Å². The molecular formula is C39H25N. The average Bonchev–Trinajstić information content (AvgIpc) is 3.37. The Kier molecular flexibility index (Phi) is 5.21. The molecule has 0 spiro atoms. The molecule has 186 valence electrons. The van der Waals surface area contributed by atoms with Crippen molar-refractivity contribution in [3.8, 4) is 66.8 Å². The maximum atomic E-state index is 4.52. The lowest BCUT2D eigenvalue weighted by Gasteiger charge is -2.21. The van der Waals surface area contributed by atoms with Gasteiger partial charge in [-0.25, -0.2) is 0 Å². The second-order valence-electron chi connectivity index (χ2n) is 10.4. The normalized spacial score (nSPS) is 11.5. The molecule has 1 heterocycles. The lowest BCUT2D eigenvalue weighted by atomic mass is 9.82. The molecule has 1 heteroatoms. The van der Waals surface area contributed by atoms with E-state index in [9.17, 15) is 0 Å². The van der Waals surface area contributed by atoms with Crippen LogP contribution in [0.4, 0.5) is 0 Å². The topological polar surface area (TPSA) is 12.9 Å². The lowest BCUT2D eigenvalue weighted by Crippen LogP contribution is -1.94. The first-order valence-corrected chi connectivity index (χ1v) is 13.7. The number of hydrogen-bond acceptors (Lipinski definition) is 1. The van der Waals surface area contributed by atoms with E-state index in [1.54, 1.807) is 0 Å². The van der Waals surface area contributed by atoms with Crippen molar-refractivity contribution in [1.29, 1.82) is 0 Å². The van der Waals surface area contributed by atoms with Crippen LogP contribution in [0.2, 0.25) is 0 Å². The zero-order valence-corrected chi connectivity index (χ0v) is 21.9. The van der Waals surface area contributed by atoms with Crippen LogP contribution >= 0.6 is 0 Å². The summed E-state index contributed by atoms with van der Waals surface area (Å²) in [5.41, 5.74) is 14.9. The van der Waals surface area contributed by atoms with E-state index in [2.05, 4.69) is 138 Å². The molecule has 8 rings (SSSR count). The molecule has 1 aliphatic rings. The van der Waals surface area contributed by atoms with E-state index in [4.69, 9.17) is 0 Å². The number of nitrogens with zero attached hydrogens (tertiary/aromatic N) is 1. The van der Waals surface area contributed by atoms with E-state index in [-0.39, 0.29) is 0 Å². The number of hydrogen-bond donors (Lipinski definition) is 0. The summed E-state index contributed by atoms with van der Waals surface area (Å²) in [6, 6.07) is 50.5. The van der Waals surface area contributed by atoms with Gasteiger partial charge in [0.2, 0.25) is 0 Å². The van der Waals surface area contributed by atoms with E-state index < -0.39 is 0 Å². The van der Waals surface area contributed by atoms with Gasteiger partial charge in [0.05, 0.1) is 0 Å². The predicted molar refractivity (Wildman–Crippen MR) is 168 cm³/mol. The fourth-order valence-electron chi connectivity index (χ4n) is 6.36. The average molecular weight is 508 g/mol. The number of benzene rings is 6. The first-order chi connectivity index (χ1) is 19.9. The van der Waals surface area contributed by atoms with Gasteiger partial charge in [-0.15, -0.1) is 0 Å². The van der Waals surface area contributed by atoms with Crippen LogP contribution < -0.4 is 0 Å². The van der Waals surface area contributed by atoms with E-state index in [1.807, 2.05) is 18.5 Å². The van der Waals surface area contributed by atoms with Gasteiger partial charge in [0.1, 0.15) is 0 Å². The number of fused-ring (bicyclic) bond motifs is 3. The van der Waals surface area contributed by atoms with Crippen LogP contribution in [0.5, 0.6) is 0 Å². The largest absolute Gasteiger partial charge is 0.264 e. The molecule has 0 atom stereocenters. The van der Waals surface area contributed by atoms with E-state index >= 15 is 0 Å². The third kappa shape index (κ3) is 3.52. The minimum atomic E-state index is 1.12. The van der Waals surface area contributed by atoms with Gasteiger partial charge in [0, 0.05) is 18.0 Å². The summed E-state index contributed by atoms with van der Waals surface area (Å²) in [5, 5.41) is 2.60. The van der Waals surface area contributed by atoms with Crippen LogP contribution in [0.3, 0.4) is 0 Å². The van der Waals surface area contributed by atoms with Crippen LogP contribution in [0.25, 0.3) is 77.5 Å². The Bertz CT molecular complexity index is 2010. The zero-order valence-electron chi connectivity index (χ0n) is 21.9. The van der Waals surface area contributed by atoms with Gasteiger partial charge in [-0.3, -0.25) is 4.98 Å². The van der Waals surface area contributed by atoms with Gasteiger partial charge >= 0.3 is 0 Å². The summed E-state index contributed by atoms with van der Waals surface area (Å²) in [6.07, 6.45) is 3.83. The molecule has 0 aliphatic heterocycles. The molecule has 0 saturated carbocycles. The summed E-state index contributed by atoms with van der Waals surface area (Å²) in [7, 11) is 0. The molecule has 0 unspecified atom stereocenters. The molecule has 1 nitrogen and oxygen atoms in total. The fraction of sp³-hybridized carbons (Fsp3) is 0. The molecule has 0 saturated heterocycles. The molecule has 0 fully saturated rings. The molecule has 7 aromatic rings. The SMILES string of the molecule is c1ccc(-c2cc3c4c(cccc4c2)-c2c(-c4ccccc4)cc(-c4cccnc4)c(-c4ccccc4)c2-3)cc1. The Morgan fingerprint density at radius 3 is 1.70 bits per heavy atom. The van der Waals surface area contributed by atoms with Crippen molar-refractivity contribution in [2.75, 3.05) is 0 Å². The molecule has 0 amide bonds. The summed E-state index contributed by atoms with van der Waals surface area (Å²) >= 11 is 0. The standard InChI is InChI=1S/C39H25N/c1-4-12-26(13-5-1)31-22-29-18-10-20-32-36(29)35(23-31)39-37(28-16-8-3-9-17-28)34(30-19-11-21-40-25-30)24-33(38(32)39)27-14-6-2-7-15-27/h1-25H. The van der Waals surface area contributed by atoms with Gasteiger partial charge in [0.15, 0.2) is 0 Å². The van der Waals surface area contributed by atoms with Gasteiger partial charge in [-0.2, -0.15) is 0 Å². The van der Waals surface area contributed by atoms with Crippen LogP contribution in [-0.2, 0) is 0 Å². The van der Waals surface area contributed by atoms with Crippen molar-refractivity contribution in [3.63, 3.8) is 0 Å². The van der Waals surface area contributed by atoms with Crippen LogP contribution in [0.1, 0.15) is 0 Å². The Hall–Kier alpha value is -5.27. The van der Waals surface area contributed by atoms with Crippen LogP contribution in [-0.4, -0.2) is 4.98 Å². The van der Waals surface area contributed by atoms with Gasteiger partial charge < -0.3 is 0 Å². The number of pyridine rings is 1. The van der Waals surface area contributed by atoms with Gasteiger partial charge in [-0.05, 0) is 96.2 Å². The molecule has 0 radical (unpaired) electrons. The summed E-state index contributed by atoms with van der Waals surface area (Å²) < 4.78 is 0. The smallest absolute Gasteiger partial charge is 0.0346 e. The Morgan fingerprint density at radius 2 is 1.00 bits per heavy atom. The third-order valence-electron chi connectivity index (χ3n) is 8.07. The highest BCUT2D eigenvalue weighted by atomic mass is 14.6. The zero-order chi connectivity index (χ0) is 26.5. The monoisotopic (exact) mass is 507 g/mol. The molecule has 0 bridgehead atoms. The van der Waals surface area contributed by atoms with Crippen molar-refractivity contribution in [2.24, 2.45) is 0 Å². The van der Waals surface area contributed by atoms with E-state index in [0.717, 1.165) is 5.56 Å². The minimum Gasteiger partial charge on any atom is -0.264 e. The molecule has 0 N–H and O–H groups in total. The quantitative estimate of drug-likeness (QED) is 0.231. The van der Waals surface area contributed by atoms with Gasteiger partial charge in [-0.1, -0.05) is 115 Å². The molecular weight excluding hydrogens is 482 g/mol. The third-order valence-corrected chi connectivity index (χ3v) is 8.07. The second-order valence-corrected chi connectivity index (χ2v) is 10.4. The van der Waals surface area contributed by atoms with E-state index in [1.165, 1.54) is 72.0 Å². The molecule has 1 aliphatic carbocycles. The summed E-state index contributed by atoms with van der Waals surface area (Å²) in [4.78, 5) is 4.52. The summed E-state index contributed by atoms with van der Waals surface area (Å²) in [5.74, 6) is 0. The van der Waals surface area contributed by atoms with E-state index in [0.29, 0.717) is 0 Å². The minimum absolute atomic E-state index is 1.12. The fourth-order valence-corrected chi connectivity index (χ4v) is 6.36. The van der Waals surface area contributed by atoms with Crippen molar-refractivity contribution in [1.82, 2.24) is 4.98 Å². The van der Waals surface area contributed by atoms with Crippen LogP contribution in [0, 0.1) is 0 Å². The highest BCUT2D eigenvalue weighted by Gasteiger charge is 2.30. The molecule has 1 aromatic heterocycles. The Morgan fingerprint density at radius 1 is 0.350 bits per heavy atom. The number of aromatic nitrogens is 1. The highest BCUT2D eigenvalue weighted by Crippen LogP contribution is 2.57. The van der Waals surface area contributed by atoms with Crippen molar-refractivity contribution in [2.45, 2.75) is 0 Å². The molecule has 6 aromatic carbocycles. The van der Waals surface area contributed by atoms with Gasteiger partial charge in [0.25, 0.3) is 0 Å². The first-order valence-electron chi connectivity index (χ1n) is 13.7. The maximum absolute atomic E-state index is 4.52. The highest BCUT2D eigenvalue weighted by molar-refractivity contribution is 6.23. The second kappa shape index (κ2) is 9.18.